The molecule has 0 aliphatic carbocycles. The number of sulfonamides is 1. The molecule has 2 aliphatic rings. The molecule has 0 spiro atoms. The van der Waals surface area contributed by atoms with Crippen LogP contribution < -0.4 is 10.6 Å². The third kappa shape index (κ3) is 5.72. The van der Waals surface area contributed by atoms with Crippen LogP contribution in [0.2, 0.25) is 0 Å². The van der Waals surface area contributed by atoms with Gasteiger partial charge in [0.15, 0.2) is 0 Å². The Kier molecular flexibility index (Phi) is 7.29. The first-order chi connectivity index (χ1) is 15.9. The van der Waals surface area contributed by atoms with Crippen molar-refractivity contribution in [1.29, 1.82) is 0 Å². The average Bonchev–Trinajstić information content (AvgIpc) is 3.40. The number of amides is 3. The van der Waals surface area contributed by atoms with E-state index in [1.165, 1.54) is 4.31 Å². The van der Waals surface area contributed by atoms with Gasteiger partial charge in [-0.15, -0.1) is 0 Å². The third-order valence-corrected chi connectivity index (χ3v) is 8.18. The zero-order valence-corrected chi connectivity index (χ0v) is 19.4. The van der Waals surface area contributed by atoms with Crippen molar-refractivity contribution in [3.63, 3.8) is 0 Å². The van der Waals surface area contributed by atoms with Gasteiger partial charge in [-0.05, 0) is 55.5 Å². The summed E-state index contributed by atoms with van der Waals surface area (Å²) in [6, 6.07) is 15.9. The Morgan fingerprint density at radius 2 is 1.52 bits per heavy atom. The number of anilines is 1. The number of hydrogen-bond acceptors (Lipinski definition) is 4. The molecule has 2 heterocycles. The van der Waals surface area contributed by atoms with Crippen LogP contribution in [0.1, 0.15) is 31.2 Å². The van der Waals surface area contributed by atoms with Crippen LogP contribution in [0.4, 0.5) is 10.5 Å². The molecular weight excluding hydrogens is 440 g/mol. The normalized spacial score (nSPS) is 17.6. The van der Waals surface area contributed by atoms with Gasteiger partial charge in [0.05, 0.1) is 4.90 Å². The van der Waals surface area contributed by atoms with Gasteiger partial charge in [0.2, 0.25) is 15.9 Å². The van der Waals surface area contributed by atoms with Crippen molar-refractivity contribution in [2.45, 2.75) is 37.1 Å². The molecule has 0 radical (unpaired) electrons. The number of rotatable bonds is 6. The number of carbonyl (C=O) groups excluding carboxylic acids is 2. The van der Waals surface area contributed by atoms with Crippen molar-refractivity contribution in [3.05, 3.63) is 60.2 Å². The largest absolute Gasteiger partial charge is 0.352 e. The fourth-order valence-electron chi connectivity index (χ4n) is 4.26. The highest BCUT2D eigenvalue weighted by Crippen LogP contribution is 2.22. The monoisotopic (exact) mass is 470 g/mol. The van der Waals surface area contributed by atoms with E-state index in [4.69, 9.17) is 0 Å². The van der Waals surface area contributed by atoms with Gasteiger partial charge in [-0.2, -0.15) is 4.31 Å². The Bertz CT molecular complexity index is 1060. The van der Waals surface area contributed by atoms with Gasteiger partial charge in [-0.3, -0.25) is 4.79 Å². The molecule has 4 rings (SSSR count). The van der Waals surface area contributed by atoms with Gasteiger partial charge >= 0.3 is 6.03 Å². The highest BCUT2D eigenvalue weighted by atomic mass is 32.2. The minimum atomic E-state index is -3.43. The molecule has 0 saturated carbocycles. The lowest BCUT2D eigenvalue weighted by Gasteiger charge is -2.31. The topological polar surface area (TPSA) is 98.8 Å². The first kappa shape index (κ1) is 23.3. The first-order valence-electron chi connectivity index (χ1n) is 11.4. The van der Waals surface area contributed by atoms with E-state index in [9.17, 15) is 18.0 Å². The Hall–Kier alpha value is -2.91. The molecule has 0 aromatic heterocycles. The number of piperidine rings is 1. The Morgan fingerprint density at radius 1 is 0.879 bits per heavy atom. The summed E-state index contributed by atoms with van der Waals surface area (Å²) in [7, 11) is -3.43. The number of urea groups is 1. The van der Waals surface area contributed by atoms with Crippen LogP contribution in [0.15, 0.2) is 59.5 Å². The predicted molar refractivity (Wildman–Crippen MR) is 126 cm³/mol. The van der Waals surface area contributed by atoms with Crippen molar-refractivity contribution in [2.24, 2.45) is 5.92 Å². The second-order valence-corrected chi connectivity index (χ2v) is 10.5. The van der Waals surface area contributed by atoms with E-state index in [0.717, 1.165) is 24.1 Å². The SMILES string of the molecule is O=C(NCc1ccc(S(=O)(=O)N2CCCC2)cc1)C1CCN(C(=O)Nc2ccccc2)CC1. The van der Waals surface area contributed by atoms with E-state index in [0.29, 0.717) is 50.5 Å². The molecule has 2 fully saturated rings. The lowest BCUT2D eigenvalue weighted by Crippen LogP contribution is -2.44. The van der Waals surface area contributed by atoms with Gasteiger partial charge in [-0.25, -0.2) is 13.2 Å². The maximum atomic E-state index is 12.6. The fraction of sp³-hybridized carbons (Fsp3) is 0.417. The Balaban J connectivity index is 1.23. The number of para-hydroxylation sites is 1. The summed E-state index contributed by atoms with van der Waals surface area (Å²) in [5.74, 6) is -0.174. The number of nitrogens with zero attached hydrogens (tertiary/aromatic N) is 2. The quantitative estimate of drug-likeness (QED) is 0.678. The van der Waals surface area contributed by atoms with Crippen LogP contribution >= 0.6 is 0 Å². The third-order valence-electron chi connectivity index (χ3n) is 6.27. The van der Waals surface area contributed by atoms with E-state index in [2.05, 4.69) is 10.6 Å². The summed E-state index contributed by atoms with van der Waals surface area (Å²) in [5, 5.41) is 5.82. The molecule has 2 aromatic carbocycles. The van der Waals surface area contributed by atoms with Crippen molar-refractivity contribution in [2.75, 3.05) is 31.5 Å². The Labute approximate surface area is 195 Å². The van der Waals surface area contributed by atoms with E-state index < -0.39 is 10.0 Å². The highest BCUT2D eigenvalue weighted by Gasteiger charge is 2.28. The molecule has 0 atom stereocenters. The second-order valence-electron chi connectivity index (χ2n) is 8.53. The summed E-state index contributed by atoms with van der Waals surface area (Å²) in [4.78, 5) is 27.0. The van der Waals surface area contributed by atoms with Crippen LogP contribution in [0, 0.1) is 5.92 Å². The zero-order valence-electron chi connectivity index (χ0n) is 18.6. The minimum absolute atomic E-state index is 0.0353. The van der Waals surface area contributed by atoms with E-state index in [1.807, 2.05) is 30.3 Å². The maximum Gasteiger partial charge on any atom is 0.321 e. The lowest BCUT2D eigenvalue weighted by molar-refractivity contribution is -0.126. The Morgan fingerprint density at radius 3 is 2.15 bits per heavy atom. The predicted octanol–water partition coefficient (Wildman–Crippen LogP) is 3.03. The average molecular weight is 471 g/mol. The lowest BCUT2D eigenvalue weighted by atomic mass is 9.96. The molecule has 2 aromatic rings. The smallest absolute Gasteiger partial charge is 0.321 e. The molecule has 3 amide bonds. The maximum absolute atomic E-state index is 12.6. The second kappa shape index (κ2) is 10.4. The van der Waals surface area contributed by atoms with E-state index in [1.54, 1.807) is 29.2 Å². The first-order valence-corrected chi connectivity index (χ1v) is 12.9. The van der Waals surface area contributed by atoms with Gasteiger partial charge in [0.25, 0.3) is 0 Å². The molecule has 8 nitrogen and oxygen atoms in total. The molecule has 2 aliphatic heterocycles. The molecule has 9 heteroatoms. The van der Waals surface area contributed by atoms with Crippen LogP contribution in [0.3, 0.4) is 0 Å². The molecule has 33 heavy (non-hydrogen) atoms. The van der Waals surface area contributed by atoms with Crippen LogP contribution in [-0.4, -0.2) is 55.7 Å². The van der Waals surface area contributed by atoms with E-state index in [-0.39, 0.29) is 17.9 Å². The van der Waals surface area contributed by atoms with Gasteiger partial charge in [0, 0.05) is 44.3 Å². The summed E-state index contributed by atoms with van der Waals surface area (Å²) < 4.78 is 26.8. The highest BCUT2D eigenvalue weighted by molar-refractivity contribution is 7.89. The van der Waals surface area contributed by atoms with Crippen molar-refractivity contribution in [3.8, 4) is 0 Å². The molecule has 0 unspecified atom stereocenters. The summed E-state index contributed by atoms with van der Waals surface area (Å²) in [5.41, 5.74) is 1.60. The number of likely N-dealkylation sites (tertiary alicyclic amines) is 1. The van der Waals surface area contributed by atoms with Crippen LogP contribution in [-0.2, 0) is 21.4 Å². The van der Waals surface area contributed by atoms with E-state index >= 15 is 0 Å². The molecular formula is C24H30N4O4S. The molecule has 2 N–H and O–H groups in total. The van der Waals surface area contributed by atoms with Crippen molar-refractivity contribution in [1.82, 2.24) is 14.5 Å². The summed E-state index contributed by atoms with van der Waals surface area (Å²) in [6.45, 7) is 2.55. The van der Waals surface area contributed by atoms with Crippen LogP contribution in [0.25, 0.3) is 0 Å². The van der Waals surface area contributed by atoms with Crippen LogP contribution in [0.5, 0.6) is 0 Å². The van der Waals surface area contributed by atoms with Gasteiger partial charge in [0.1, 0.15) is 0 Å². The fourth-order valence-corrected chi connectivity index (χ4v) is 5.78. The number of benzene rings is 2. The molecule has 0 bridgehead atoms. The van der Waals surface area contributed by atoms with Crippen molar-refractivity contribution < 1.29 is 18.0 Å². The molecule has 176 valence electrons. The number of hydrogen-bond donors (Lipinski definition) is 2. The standard InChI is InChI=1S/C24H30N4O4S/c29-23(20-12-16-27(17-13-20)24(30)26-21-6-2-1-3-7-21)25-18-19-8-10-22(11-9-19)33(31,32)28-14-4-5-15-28/h1-3,6-11,20H,4-5,12-18H2,(H,25,29)(H,26,30). The minimum Gasteiger partial charge on any atom is -0.352 e. The molecule has 2 saturated heterocycles. The number of nitrogens with one attached hydrogen (secondary N) is 2. The summed E-state index contributed by atoms with van der Waals surface area (Å²) >= 11 is 0. The van der Waals surface area contributed by atoms with Crippen molar-refractivity contribution >= 4 is 27.6 Å². The zero-order chi connectivity index (χ0) is 23.3. The van der Waals surface area contributed by atoms with Gasteiger partial charge in [-0.1, -0.05) is 30.3 Å². The van der Waals surface area contributed by atoms with Gasteiger partial charge < -0.3 is 15.5 Å². The number of carbonyl (C=O) groups is 2. The summed E-state index contributed by atoms with van der Waals surface area (Å²) in [6.07, 6.45) is 3.03.